The number of likely N-dealkylation sites (tertiary alicyclic amines) is 1. The van der Waals surface area contributed by atoms with Crippen molar-refractivity contribution in [3.05, 3.63) is 29.8 Å². The van der Waals surface area contributed by atoms with Crippen LogP contribution in [-0.2, 0) is 11.2 Å². The zero-order valence-electron chi connectivity index (χ0n) is 19.8. The normalized spacial score (nSPS) is 23.0. The summed E-state index contributed by atoms with van der Waals surface area (Å²) in [7, 11) is 0. The monoisotopic (exact) mass is 426 g/mol. The minimum absolute atomic E-state index is 0.351. The summed E-state index contributed by atoms with van der Waals surface area (Å²) in [6.45, 7) is 10.6. The van der Waals surface area contributed by atoms with E-state index < -0.39 is 0 Å². The number of fused-ring (bicyclic) bond motifs is 1. The third-order valence-electron chi connectivity index (χ3n) is 7.56. The van der Waals surface area contributed by atoms with Crippen molar-refractivity contribution >= 4 is 5.91 Å². The van der Waals surface area contributed by atoms with E-state index >= 15 is 0 Å². The van der Waals surface area contributed by atoms with E-state index in [9.17, 15) is 4.79 Å². The standard InChI is InChI=1S/C27H42N2O2/c1-22(2)20-28-17-18-31-25-9-4-3-7-24(25)8-5-6-12-27(21-28)13-15-29(16-14-27)26(30)19-23-10-11-23/h3-4,7,9,22-23H,5-6,8,10-21H2,1-2H3. The van der Waals surface area contributed by atoms with Gasteiger partial charge in [-0.1, -0.05) is 38.5 Å². The number of hydrogen-bond acceptors (Lipinski definition) is 3. The summed E-state index contributed by atoms with van der Waals surface area (Å²) in [5.41, 5.74) is 1.71. The maximum Gasteiger partial charge on any atom is 0.222 e. The van der Waals surface area contributed by atoms with Crippen molar-refractivity contribution in [3.8, 4) is 5.75 Å². The van der Waals surface area contributed by atoms with Crippen LogP contribution in [0.3, 0.4) is 0 Å². The van der Waals surface area contributed by atoms with Crippen molar-refractivity contribution in [2.75, 3.05) is 39.3 Å². The number of piperidine rings is 1. The number of carbonyl (C=O) groups is 1. The van der Waals surface area contributed by atoms with Crippen LogP contribution >= 0.6 is 0 Å². The fourth-order valence-electron chi connectivity index (χ4n) is 5.59. The minimum Gasteiger partial charge on any atom is -0.492 e. The third kappa shape index (κ3) is 6.47. The first-order chi connectivity index (χ1) is 15.0. The minimum atomic E-state index is 0.351. The molecule has 1 saturated carbocycles. The first-order valence-corrected chi connectivity index (χ1v) is 12.7. The van der Waals surface area contributed by atoms with E-state index in [-0.39, 0.29) is 0 Å². The molecule has 1 amide bonds. The van der Waals surface area contributed by atoms with Crippen LogP contribution in [0.25, 0.3) is 0 Å². The molecule has 4 rings (SSSR count). The van der Waals surface area contributed by atoms with E-state index in [0.29, 0.717) is 23.2 Å². The van der Waals surface area contributed by atoms with Gasteiger partial charge in [-0.25, -0.2) is 0 Å². The largest absolute Gasteiger partial charge is 0.492 e. The Hall–Kier alpha value is -1.55. The molecule has 4 nitrogen and oxygen atoms in total. The number of aryl methyl sites for hydroxylation is 1. The Morgan fingerprint density at radius 1 is 1.10 bits per heavy atom. The van der Waals surface area contributed by atoms with Crippen LogP contribution in [0.1, 0.15) is 70.8 Å². The fraction of sp³-hybridized carbons (Fsp3) is 0.741. The van der Waals surface area contributed by atoms with Crippen molar-refractivity contribution in [3.63, 3.8) is 0 Å². The molecule has 0 aromatic heterocycles. The number of nitrogens with zero attached hydrogens (tertiary/aromatic N) is 2. The van der Waals surface area contributed by atoms with Gasteiger partial charge in [-0.2, -0.15) is 0 Å². The first-order valence-electron chi connectivity index (χ1n) is 12.7. The lowest BCUT2D eigenvalue weighted by Gasteiger charge is -2.45. The molecule has 31 heavy (non-hydrogen) atoms. The highest BCUT2D eigenvalue weighted by atomic mass is 16.5. The summed E-state index contributed by atoms with van der Waals surface area (Å²) in [4.78, 5) is 17.5. The Kier molecular flexibility index (Phi) is 7.58. The van der Waals surface area contributed by atoms with Crippen LogP contribution in [0.15, 0.2) is 24.3 Å². The summed E-state index contributed by atoms with van der Waals surface area (Å²) < 4.78 is 6.24. The van der Waals surface area contributed by atoms with Gasteiger partial charge in [0.1, 0.15) is 12.4 Å². The molecule has 2 fully saturated rings. The predicted molar refractivity (Wildman–Crippen MR) is 126 cm³/mol. The highest BCUT2D eigenvalue weighted by molar-refractivity contribution is 5.76. The number of benzene rings is 1. The molecular formula is C27H42N2O2. The summed E-state index contributed by atoms with van der Waals surface area (Å²) in [6, 6.07) is 8.58. The van der Waals surface area contributed by atoms with E-state index in [0.717, 1.165) is 70.8 Å². The lowest BCUT2D eigenvalue weighted by Crippen LogP contribution is -2.49. The zero-order chi connectivity index (χ0) is 21.7. The summed E-state index contributed by atoms with van der Waals surface area (Å²) >= 11 is 0. The van der Waals surface area contributed by atoms with Gasteiger partial charge in [-0.3, -0.25) is 9.69 Å². The zero-order valence-corrected chi connectivity index (χ0v) is 19.8. The molecule has 4 heteroatoms. The van der Waals surface area contributed by atoms with Gasteiger partial charge in [0.15, 0.2) is 0 Å². The second-order valence-electron chi connectivity index (χ2n) is 10.8. The van der Waals surface area contributed by atoms with Gasteiger partial charge in [0.2, 0.25) is 5.91 Å². The van der Waals surface area contributed by atoms with Crippen LogP contribution in [0.4, 0.5) is 0 Å². The fourth-order valence-corrected chi connectivity index (χ4v) is 5.59. The number of amides is 1. The molecule has 1 aromatic carbocycles. The molecular weight excluding hydrogens is 384 g/mol. The second kappa shape index (κ2) is 10.4. The molecule has 0 unspecified atom stereocenters. The van der Waals surface area contributed by atoms with Crippen molar-refractivity contribution in [2.45, 2.75) is 71.6 Å². The van der Waals surface area contributed by atoms with E-state index in [1.165, 1.54) is 37.7 Å². The summed E-state index contributed by atoms with van der Waals surface area (Å²) in [6.07, 6.45) is 10.5. The van der Waals surface area contributed by atoms with Gasteiger partial charge in [0, 0.05) is 39.1 Å². The highest BCUT2D eigenvalue weighted by Gasteiger charge is 2.38. The predicted octanol–water partition coefficient (Wildman–Crippen LogP) is 5.16. The topological polar surface area (TPSA) is 32.8 Å². The Bertz CT molecular complexity index is 720. The van der Waals surface area contributed by atoms with Gasteiger partial charge in [0.05, 0.1) is 0 Å². The molecule has 0 N–H and O–H groups in total. The molecule has 0 atom stereocenters. The van der Waals surface area contributed by atoms with Gasteiger partial charge in [0.25, 0.3) is 0 Å². The summed E-state index contributed by atoms with van der Waals surface area (Å²) in [5, 5.41) is 0. The van der Waals surface area contributed by atoms with Gasteiger partial charge < -0.3 is 9.64 Å². The van der Waals surface area contributed by atoms with Gasteiger partial charge >= 0.3 is 0 Å². The SMILES string of the molecule is CC(C)CN1CCOc2ccccc2CCCCC2(CCN(C(=O)CC3CC3)CC2)C1. The van der Waals surface area contributed by atoms with E-state index in [1.54, 1.807) is 0 Å². The molecule has 1 aromatic rings. The highest BCUT2D eigenvalue weighted by Crippen LogP contribution is 2.40. The van der Waals surface area contributed by atoms with Crippen molar-refractivity contribution in [2.24, 2.45) is 17.3 Å². The molecule has 0 bridgehead atoms. The molecule has 0 radical (unpaired) electrons. The maximum atomic E-state index is 12.7. The van der Waals surface area contributed by atoms with Gasteiger partial charge in [-0.15, -0.1) is 0 Å². The number of hydrogen-bond donors (Lipinski definition) is 0. The Morgan fingerprint density at radius 3 is 2.61 bits per heavy atom. The third-order valence-corrected chi connectivity index (χ3v) is 7.56. The van der Waals surface area contributed by atoms with Crippen molar-refractivity contribution < 1.29 is 9.53 Å². The molecule has 3 aliphatic rings. The van der Waals surface area contributed by atoms with Crippen LogP contribution in [-0.4, -0.2) is 55.0 Å². The van der Waals surface area contributed by atoms with Crippen LogP contribution < -0.4 is 4.74 Å². The van der Waals surface area contributed by atoms with Crippen molar-refractivity contribution in [1.29, 1.82) is 0 Å². The number of ether oxygens (including phenoxy) is 1. The Balaban J connectivity index is 1.43. The number of rotatable bonds is 4. The van der Waals surface area contributed by atoms with Crippen LogP contribution in [0.2, 0.25) is 0 Å². The maximum absolute atomic E-state index is 12.7. The lowest BCUT2D eigenvalue weighted by atomic mass is 9.73. The summed E-state index contributed by atoms with van der Waals surface area (Å²) in [5.74, 6) is 2.82. The average Bonchev–Trinajstić information content (AvgIpc) is 3.55. The molecule has 1 spiro atoms. The Labute approximate surface area is 189 Å². The lowest BCUT2D eigenvalue weighted by molar-refractivity contribution is -0.134. The average molecular weight is 427 g/mol. The number of carbonyl (C=O) groups excluding carboxylic acids is 1. The van der Waals surface area contributed by atoms with E-state index in [2.05, 4.69) is 47.9 Å². The van der Waals surface area contributed by atoms with E-state index in [4.69, 9.17) is 4.74 Å². The van der Waals surface area contributed by atoms with Gasteiger partial charge in [-0.05, 0) is 73.8 Å². The molecule has 2 heterocycles. The molecule has 1 aliphatic carbocycles. The van der Waals surface area contributed by atoms with Crippen LogP contribution in [0.5, 0.6) is 5.75 Å². The molecule has 2 aliphatic heterocycles. The number of para-hydroxylation sites is 1. The van der Waals surface area contributed by atoms with E-state index in [1.807, 2.05) is 0 Å². The molecule has 1 saturated heterocycles. The molecule has 172 valence electrons. The van der Waals surface area contributed by atoms with Crippen molar-refractivity contribution in [1.82, 2.24) is 9.80 Å². The second-order valence-corrected chi connectivity index (χ2v) is 10.8. The Morgan fingerprint density at radius 2 is 1.87 bits per heavy atom. The smallest absolute Gasteiger partial charge is 0.222 e. The first kappa shape index (κ1) is 22.6. The quantitative estimate of drug-likeness (QED) is 0.667. The van der Waals surface area contributed by atoms with Crippen LogP contribution in [0, 0.1) is 17.3 Å².